The van der Waals surface area contributed by atoms with Crippen molar-refractivity contribution in [3.8, 4) is 0 Å². The number of carbonyl (C=O) groups is 1. The van der Waals surface area contributed by atoms with Gasteiger partial charge in [-0.1, -0.05) is 6.07 Å². The molecule has 0 bridgehead atoms. The molecule has 1 aromatic heterocycles. The maximum Gasteiger partial charge on any atom is 0.323 e. The van der Waals surface area contributed by atoms with Crippen molar-refractivity contribution in [1.29, 1.82) is 0 Å². The lowest BCUT2D eigenvalue weighted by molar-refractivity contribution is 0.214. The Morgan fingerprint density at radius 2 is 2.19 bits per heavy atom. The van der Waals surface area contributed by atoms with Crippen LogP contribution in [0.25, 0.3) is 0 Å². The van der Waals surface area contributed by atoms with Crippen LogP contribution in [0.5, 0.6) is 0 Å². The number of thiophene rings is 1. The van der Waals surface area contributed by atoms with Gasteiger partial charge in [0.25, 0.3) is 0 Å². The Kier molecular flexibility index (Phi) is 4.12. The third-order valence-corrected chi connectivity index (χ3v) is 5.43. The SMILES string of the molecule is O=C(Nc1ccc(F)cc1F)N1CCS[C@H]1c1cccs1. The predicted octanol–water partition coefficient (Wildman–Crippen LogP) is 4.31. The first-order valence-electron chi connectivity index (χ1n) is 6.33. The predicted molar refractivity (Wildman–Crippen MR) is 81.6 cm³/mol. The molecule has 1 atom stereocenters. The molecule has 0 unspecified atom stereocenters. The highest BCUT2D eigenvalue weighted by atomic mass is 32.2. The Morgan fingerprint density at radius 3 is 2.90 bits per heavy atom. The number of rotatable bonds is 2. The molecule has 1 N–H and O–H groups in total. The fraction of sp³-hybridized carbons (Fsp3) is 0.214. The second-order valence-electron chi connectivity index (χ2n) is 4.49. The molecule has 3 nitrogen and oxygen atoms in total. The van der Waals surface area contributed by atoms with Crippen molar-refractivity contribution in [2.75, 3.05) is 17.6 Å². The minimum absolute atomic E-state index is 0.0109. The van der Waals surface area contributed by atoms with E-state index in [9.17, 15) is 13.6 Å². The van der Waals surface area contributed by atoms with Crippen LogP contribution in [0, 0.1) is 11.6 Å². The first-order chi connectivity index (χ1) is 10.1. The average molecular weight is 326 g/mol. The van der Waals surface area contributed by atoms with Crippen molar-refractivity contribution < 1.29 is 13.6 Å². The largest absolute Gasteiger partial charge is 0.323 e. The molecule has 0 spiro atoms. The smallest absolute Gasteiger partial charge is 0.307 e. The van der Waals surface area contributed by atoms with E-state index in [1.54, 1.807) is 28.0 Å². The molecule has 3 rings (SSSR count). The summed E-state index contributed by atoms with van der Waals surface area (Å²) in [6.45, 7) is 0.599. The van der Waals surface area contributed by atoms with Crippen LogP contribution in [0.4, 0.5) is 19.3 Å². The summed E-state index contributed by atoms with van der Waals surface area (Å²) in [7, 11) is 0. The minimum atomic E-state index is -0.775. The van der Waals surface area contributed by atoms with E-state index in [2.05, 4.69) is 5.32 Å². The van der Waals surface area contributed by atoms with E-state index in [4.69, 9.17) is 0 Å². The summed E-state index contributed by atoms with van der Waals surface area (Å²) in [5.41, 5.74) is -0.0109. The van der Waals surface area contributed by atoms with E-state index in [0.29, 0.717) is 6.54 Å². The summed E-state index contributed by atoms with van der Waals surface area (Å²) in [6, 6.07) is 6.65. The van der Waals surface area contributed by atoms with E-state index >= 15 is 0 Å². The lowest BCUT2D eigenvalue weighted by Crippen LogP contribution is -2.34. The van der Waals surface area contributed by atoms with Crippen LogP contribution in [0.2, 0.25) is 0 Å². The number of hydrogen-bond acceptors (Lipinski definition) is 3. The molecule has 1 fully saturated rings. The minimum Gasteiger partial charge on any atom is -0.307 e. The zero-order valence-corrected chi connectivity index (χ0v) is 12.5. The monoisotopic (exact) mass is 326 g/mol. The van der Waals surface area contributed by atoms with Gasteiger partial charge in [0.1, 0.15) is 17.0 Å². The number of hydrogen-bond donors (Lipinski definition) is 1. The Hall–Kier alpha value is -1.60. The zero-order valence-electron chi connectivity index (χ0n) is 10.9. The third-order valence-electron chi connectivity index (χ3n) is 3.11. The van der Waals surface area contributed by atoms with Gasteiger partial charge in [0.15, 0.2) is 0 Å². The van der Waals surface area contributed by atoms with E-state index in [0.717, 1.165) is 22.8 Å². The number of nitrogens with zero attached hydrogens (tertiary/aromatic N) is 1. The van der Waals surface area contributed by atoms with E-state index in [1.165, 1.54) is 6.07 Å². The second kappa shape index (κ2) is 6.03. The molecule has 0 aliphatic carbocycles. The number of nitrogens with one attached hydrogen (secondary N) is 1. The molecule has 0 saturated carbocycles. The summed E-state index contributed by atoms with van der Waals surface area (Å²) in [6.07, 6.45) is 0. The summed E-state index contributed by atoms with van der Waals surface area (Å²) in [5.74, 6) is -0.608. The van der Waals surface area contributed by atoms with E-state index < -0.39 is 11.6 Å². The number of thioether (sulfide) groups is 1. The summed E-state index contributed by atoms with van der Waals surface area (Å²) in [4.78, 5) is 15.1. The molecule has 2 aromatic rings. The number of carbonyl (C=O) groups excluding carboxylic acids is 1. The fourth-order valence-corrected chi connectivity index (χ4v) is 4.36. The van der Waals surface area contributed by atoms with Gasteiger partial charge in [0.05, 0.1) is 5.69 Å². The van der Waals surface area contributed by atoms with Gasteiger partial charge < -0.3 is 10.2 Å². The van der Waals surface area contributed by atoms with Gasteiger partial charge in [-0.15, -0.1) is 23.1 Å². The van der Waals surface area contributed by atoms with Crippen LogP contribution in [0.3, 0.4) is 0 Å². The van der Waals surface area contributed by atoms with E-state index in [1.807, 2.05) is 17.5 Å². The van der Waals surface area contributed by atoms with Gasteiger partial charge in [0.2, 0.25) is 0 Å². The van der Waals surface area contributed by atoms with Crippen molar-refractivity contribution in [1.82, 2.24) is 4.90 Å². The molecular weight excluding hydrogens is 314 g/mol. The van der Waals surface area contributed by atoms with Crippen LogP contribution < -0.4 is 5.32 Å². The maximum absolute atomic E-state index is 13.6. The maximum atomic E-state index is 13.6. The summed E-state index contributed by atoms with van der Waals surface area (Å²) < 4.78 is 26.5. The molecule has 21 heavy (non-hydrogen) atoms. The normalized spacial score (nSPS) is 18.0. The molecule has 1 aromatic carbocycles. The van der Waals surface area contributed by atoms with Crippen molar-refractivity contribution in [3.05, 3.63) is 52.2 Å². The lowest BCUT2D eigenvalue weighted by Gasteiger charge is -2.23. The number of urea groups is 1. The van der Waals surface area contributed by atoms with Crippen LogP contribution in [0.1, 0.15) is 10.3 Å². The van der Waals surface area contributed by atoms with Gasteiger partial charge in [-0.05, 0) is 23.6 Å². The van der Waals surface area contributed by atoms with E-state index in [-0.39, 0.29) is 17.1 Å². The molecule has 2 amide bonds. The number of halogens is 2. The molecule has 7 heteroatoms. The molecule has 1 aliphatic rings. The van der Waals surface area contributed by atoms with Gasteiger partial charge in [-0.3, -0.25) is 0 Å². The van der Waals surface area contributed by atoms with Crippen LogP contribution in [0.15, 0.2) is 35.7 Å². The van der Waals surface area contributed by atoms with Crippen molar-refractivity contribution in [3.63, 3.8) is 0 Å². The molecule has 1 aliphatic heterocycles. The topological polar surface area (TPSA) is 32.3 Å². The number of anilines is 1. The van der Waals surface area contributed by atoms with Gasteiger partial charge in [-0.2, -0.15) is 0 Å². The molecule has 2 heterocycles. The van der Waals surface area contributed by atoms with Gasteiger partial charge >= 0.3 is 6.03 Å². The first-order valence-corrected chi connectivity index (χ1v) is 8.25. The lowest BCUT2D eigenvalue weighted by atomic mass is 10.3. The van der Waals surface area contributed by atoms with Gasteiger partial charge in [0, 0.05) is 23.2 Å². The summed E-state index contributed by atoms with van der Waals surface area (Å²) >= 11 is 3.26. The van der Waals surface area contributed by atoms with Crippen LogP contribution in [-0.2, 0) is 0 Å². The van der Waals surface area contributed by atoms with Crippen LogP contribution >= 0.6 is 23.1 Å². The van der Waals surface area contributed by atoms with Crippen molar-refractivity contribution in [2.45, 2.75) is 5.37 Å². The first kappa shape index (κ1) is 14.3. The Morgan fingerprint density at radius 1 is 1.33 bits per heavy atom. The zero-order chi connectivity index (χ0) is 14.8. The number of amides is 2. The van der Waals surface area contributed by atoms with Crippen molar-refractivity contribution >= 4 is 34.8 Å². The Bertz CT molecular complexity index is 648. The highest BCUT2D eigenvalue weighted by molar-refractivity contribution is 7.99. The third kappa shape index (κ3) is 3.03. The second-order valence-corrected chi connectivity index (χ2v) is 6.65. The van der Waals surface area contributed by atoms with Crippen molar-refractivity contribution in [2.24, 2.45) is 0 Å². The standard InChI is InChI=1S/C14H12F2N2OS2/c15-9-3-4-11(10(16)8-9)17-14(19)18-5-7-21-13(18)12-2-1-6-20-12/h1-4,6,8,13H,5,7H2,(H,17,19)/t13-/m0/s1. The molecule has 0 radical (unpaired) electrons. The molecule has 1 saturated heterocycles. The number of benzene rings is 1. The fourth-order valence-electron chi connectivity index (χ4n) is 2.12. The van der Waals surface area contributed by atoms with Gasteiger partial charge in [-0.25, -0.2) is 13.6 Å². The average Bonchev–Trinajstić information content (AvgIpc) is 3.10. The Balaban J connectivity index is 1.75. The quantitative estimate of drug-likeness (QED) is 0.892. The Labute approximate surface area is 129 Å². The summed E-state index contributed by atoms with van der Waals surface area (Å²) in [5, 5.41) is 4.42. The molecular formula is C14H12F2N2OS2. The highest BCUT2D eigenvalue weighted by Gasteiger charge is 2.31. The highest BCUT2D eigenvalue weighted by Crippen LogP contribution is 2.40. The molecule has 110 valence electrons. The van der Waals surface area contributed by atoms with Crippen LogP contribution in [-0.4, -0.2) is 23.2 Å².